The van der Waals surface area contributed by atoms with Gasteiger partial charge in [-0.15, -0.1) is 11.3 Å². The van der Waals surface area contributed by atoms with E-state index in [0.29, 0.717) is 0 Å². The Labute approximate surface area is 151 Å². The van der Waals surface area contributed by atoms with E-state index in [0.717, 1.165) is 47.3 Å². The number of rotatable bonds is 2. The summed E-state index contributed by atoms with van der Waals surface area (Å²) in [5.74, 6) is 0. The van der Waals surface area contributed by atoms with Gasteiger partial charge in [0.05, 0.1) is 17.8 Å². The summed E-state index contributed by atoms with van der Waals surface area (Å²) in [7, 11) is 2.12. The average Bonchev–Trinajstić information content (AvgIpc) is 3.02. The van der Waals surface area contributed by atoms with Crippen LogP contribution < -0.4 is 5.56 Å². The van der Waals surface area contributed by atoms with Crippen molar-refractivity contribution in [2.24, 2.45) is 0 Å². The van der Waals surface area contributed by atoms with Gasteiger partial charge in [-0.1, -0.05) is 23.8 Å². The van der Waals surface area contributed by atoms with Crippen molar-refractivity contribution < 1.29 is 0 Å². The monoisotopic (exact) mass is 353 g/mol. The molecule has 4 rings (SSSR count). The van der Waals surface area contributed by atoms with Gasteiger partial charge < -0.3 is 4.90 Å². The Morgan fingerprint density at radius 3 is 2.88 bits per heavy atom. The minimum absolute atomic E-state index is 0.0995. The third kappa shape index (κ3) is 2.92. The molecule has 4 nitrogen and oxygen atoms in total. The number of likely N-dealkylation sites (tertiary alicyclic amines) is 1. The quantitative estimate of drug-likeness (QED) is 0.699. The lowest BCUT2D eigenvalue weighted by Gasteiger charge is -2.30. The molecule has 0 bridgehead atoms. The molecule has 1 saturated heterocycles. The molecule has 0 N–H and O–H groups in total. The van der Waals surface area contributed by atoms with Crippen LogP contribution in [0.3, 0.4) is 0 Å². The summed E-state index contributed by atoms with van der Waals surface area (Å²) in [6.45, 7) is 6.21. The van der Waals surface area contributed by atoms with Crippen LogP contribution >= 0.6 is 11.3 Å². The standard InChI is InChI=1S/C20H23N3OS/c1-13-6-7-14(2)16(9-13)17-11-25-19-18(17)20(24)23(12-21-19)15-5-4-8-22(3)10-15/h6-7,9,11-12,15H,4-5,8,10H2,1-3H3/t15-/m0/s1. The Bertz CT molecular complexity index is 988. The van der Waals surface area contributed by atoms with E-state index in [2.05, 4.69) is 54.4 Å². The van der Waals surface area contributed by atoms with E-state index >= 15 is 0 Å². The zero-order valence-corrected chi connectivity index (χ0v) is 15.8. The molecule has 1 atom stereocenters. The molecule has 1 fully saturated rings. The largest absolute Gasteiger partial charge is 0.304 e. The zero-order valence-electron chi connectivity index (χ0n) is 15.0. The van der Waals surface area contributed by atoms with Crippen LogP contribution in [0.25, 0.3) is 21.3 Å². The van der Waals surface area contributed by atoms with Crippen molar-refractivity contribution in [2.45, 2.75) is 32.7 Å². The number of piperidine rings is 1. The Morgan fingerprint density at radius 2 is 2.08 bits per heavy atom. The SMILES string of the molecule is Cc1ccc(C)c(-c2csc3ncn([C@H]4CCCN(C)C4)c(=O)c23)c1. The highest BCUT2D eigenvalue weighted by Crippen LogP contribution is 2.33. The molecular formula is C20H23N3OS. The van der Waals surface area contributed by atoms with Crippen molar-refractivity contribution in [1.82, 2.24) is 14.5 Å². The minimum Gasteiger partial charge on any atom is -0.304 e. The Balaban J connectivity index is 1.89. The third-order valence-electron chi connectivity index (χ3n) is 5.20. The van der Waals surface area contributed by atoms with Crippen LogP contribution in [0.4, 0.5) is 0 Å². The maximum absolute atomic E-state index is 13.3. The van der Waals surface area contributed by atoms with E-state index in [1.54, 1.807) is 17.7 Å². The van der Waals surface area contributed by atoms with E-state index in [4.69, 9.17) is 0 Å². The Hall–Kier alpha value is -1.98. The van der Waals surface area contributed by atoms with E-state index in [-0.39, 0.29) is 11.6 Å². The highest BCUT2D eigenvalue weighted by atomic mass is 32.1. The number of aryl methyl sites for hydroxylation is 2. The van der Waals surface area contributed by atoms with Crippen molar-refractivity contribution in [3.63, 3.8) is 0 Å². The van der Waals surface area contributed by atoms with Crippen molar-refractivity contribution in [3.05, 3.63) is 51.4 Å². The van der Waals surface area contributed by atoms with Crippen molar-refractivity contribution in [2.75, 3.05) is 20.1 Å². The molecule has 0 saturated carbocycles. The van der Waals surface area contributed by atoms with Gasteiger partial charge in [-0.3, -0.25) is 9.36 Å². The molecule has 1 aromatic carbocycles. The maximum atomic E-state index is 13.3. The van der Waals surface area contributed by atoms with Gasteiger partial charge in [0, 0.05) is 17.5 Å². The van der Waals surface area contributed by atoms with E-state index in [1.807, 2.05) is 4.57 Å². The van der Waals surface area contributed by atoms with Crippen LogP contribution in [0.5, 0.6) is 0 Å². The summed E-state index contributed by atoms with van der Waals surface area (Å²) in [5, 5.41) is 2.85. The zero-order chi connectivity index (χ0) is 17.6. The first-order chi connectivity index (χ1) is 12.0. The first kappa shape index (κ1) is 16.5. The normalized spacial score (nSPS) is 18.8. The van der Waals surface area contributed by atoms with Gasteiger partial charge in [0.1, 0.15) is 4.83 Å². The highest BCUT2D eigenvalue weighted by Gasteiger charge is 2.22. The number of hydrogen-bond acceptors (Lipinski definition) is 4. The molecule has 0 amide bonds. The fourth-order valence-corrected chi connectivity index (χ4v) is 4.69. The first-order valence-electron chi connectivity index (χ1n) is 8.79. The van der Waals surface area contributed by atoms with Gasteiger partial charge in [0.15, 0.2) is 0 Å². The van der Waals surface area contributed by atoms with Crippen LogP contribution in [0.2, 0.25) is 0 Å². The molecule has 0 spiro atoms. The molecule has 1 aliphatic heterocycles. The van der Waals surface area contributed by atoms with Crippen LogP contribution in [-0.2, 0) is 0 Å². The molecular weight excluding hydrogens is 330 g/mol. The lowest BCUT2D eigenvalue weighted by molar-refractivity contribution is 0.209. The third-order valence-corrected chi connectivity index (χ3v) is 6.08. The first-order valence-corrected chi connectivity index (χ1v) is 9.67. The molecule has 0 aliphatic carbocycles. The van der Waals surface area contributed by atoms with Crippen LogP contribution in [0.1, 0.15) is 30.0 Å². The smallest absolute Gasteiger partial charge is 0.263 e. The molecule has 0 radical (unpaired) electrons. The molecule has 1 aliphatic rings. The summed E-state index contributed by atoms with van der Waals surface area (Å²) in [6.07, 6.45) is 3.91. The van der Waals surface area contributed by atoms with Crippen molar-refractivity contribution in [1.29, 1.82) is 0 Å². The summed E-state index contributed by atoms with van der Waals surface area (Å²) in [4.78, 5) is 21.0. The molecule has 130 valence electrons. The second-order valence-electron chi connectivity index (χ2n) is 7.16. The van der Waals surface area contributed by atoms with Gasteiger partial charge >= 0.3 is 0 Å². The summed E-state index contributed by atoms with van der Waals surface area (Å²) < 4.78 is 1.86. The van der Waals surface area contributed by atoms with Crippen LogP contribution in [-0.4, -0.2) is 34.6 Å². The summed E-state index contributed by atoms with van der Waals surface area (Å²) in [6, 6.07) is 6.62. The van der Waals surface area contributed by atoms with Gasteiger partial charge in [-0.25, -0.2) is 4.98 Å². The highest BCUT2D eigenvalue weighted by molar-refractivity contribution is 7.17. The molecule has 2 aromatic heterocycles. The van der Waals surface area contributed by atoms with Gasteiger partial charge in [-0.2, -0.15) is 0 Å². The lowest BCUT2D eigenvalue weighted by atomic mass is 9.99. The Kier molecular flexibility index (Phi) is 4.21. The van der Waals surface area contributed by atoms with Gasteiger partial charge in [-0.05, 0) is 51.4 Å². The molecule has 0 unspecified atom stereocenters. The number of fused-ring (bicyclic) bond motifs is 1. The maximum Gasteiger partial charge on any atom is 0.263 e. The second-order valence-corrected chi connectivity index (χ2v) is 8.02. The topological polar surface area (TPSA) is 38.1 Å². The fourth-order valence-electron chi connectivity index (χ4n) is 3.80. The number of benzene rings is 1. The average molecular weight is 353 g/mol. The summed E-state index contributed by atoms with van der Waals surface area (Å²) in [5.41, 5.74) is 4.67. The second kappa shape index (κ2) is 6.39. The predicted octanol–water partition coefficient (Wildman–Crippen LogP) is 4.01. The van der Waals surface area contributed by atoms with Gasteiger partial charge in [0.2, 0.25) is 0 Å². The van der Waals surface area contributed by atoms with Crippen LogP contribution in [0, 0.1) is 13.8 Å². The van der Waals surface area contributed by atoms with Crippen LogP contribution in [0.15, 0.2) is 34.7 Å². The van der Waals surface area contributed by atoms with E-state index < -0.39 is 0 Å². The predicted molar refractivity (Wildman–Crippen MR) is 105 cm³/mol. The number of nitrogens with zero attached hydrogens (tertiary/aromatic N) is 3. The Morgan fingerprint density at radius 1 is 1.24 bits per heavy atom. The number of likely N-dealkylation sites (N-methyl/N-ethyl adjacent to an activating group) is 1. The van der Waals surface area contributed by atoms with Crippen molar-refractivity contribution in [3.8, 4) is 11.1 Å². The minimum atomic E-state index is 0.0995. The number of thiophene rings is 1. The number of hydrogen-bond donors (Lipinski definition) is 0. The fraction of sp³-hybridized carbons (Fsp3) is 0.400. The van der Waals surface area contributed by atoms with Gasteiger partial charge in [0.25, 0.3) is 5.56 Å². The number of aromatic nitrogens is 2. The molecule has 3 aromatic rings. The molecule has 3 heterocycles. The molecule has 25 heavy (non-hydrogen) atoms. The lowest BCUT2D eigenvalue weighted by Crippen LogP contribution is -2.37. The van der Waals surface area contributed by atoms with Crippen molar-refractivity contribution >= 4 is 21.6 Å². The summed E-state index contributed by atoms with van der Waals surface area (Å²) >= 11 is 1.56. The van der Waals surface area contributed by atoms with E-state index in [9.17, 15) is 4.79 Å². The van der Waals surface area contributed by atoms with E-state index in [1.165, 1.54) is 11.1 Å². The molecule has 5 heteroatoms.